The van der Waals surface area contributed by atoms with Gasteiger partial charge in [-0.05, 0) is 31.0 Å². The van der Waals surface area contributed by atoms with Gasteiger partial charge in [0.2, 0.25) is 15.9 Å². The normalized spacial score (nSPS) is 18.7. The van der Waals surface area contributed by atoms with Crippen molar-refractivity contribution in [2.75, 3.05) is 26.2 Å². The molecule has 10 heteroatoms. The number of nitrogens with two attached hydrogens (primary N) is 1. The van der Waals surface area contributed by atoms with Crippen molar-refractivity contribution < 1.29 is 17.6 Å². The molecule has 24 heavy (non-hydrogen) atoms. The summed E-state index contributed by atoms with van der Waals surface area (Å²) in [5.41, 5.74) is 5.34. The van der Waals surface area contributed by atoms with E-state index in [1.165, 1.54) is 10.4 Å². The van der Waals surface area contributed by atoms with Gasteiger partial charge in [-0.25, -0.2) is 12.8 Å². The lowest BCUT2D eigenvalue weighted by molar-refractivity contribution is -0.126. The third-order valence-corrected chi connectivity index (χ3v) is 6.06. The van der Waals surface area contributed by atoms with Crippen LogP contribution >= 0.6 is 24.0 Å². The Morgan fingerprint density at radius 1 is 1.46 bits per heavy atom. The summed E-state index contributed by atoms with van der Waals surface area (Å²) >= 11 is 5.90. The van der Waals surface area contributed by atoms with Crippen LogP contribution in [0.2, 0.25) is 5.02 Å². The zero-order chi connectivity index (χ0) is 17.0. The molecule has 0 spiro atoms. The average Bonchev–Trinajstić information content (AvgIpc) is 2.54. The van der Waals surface area contributed by atoms with Crippen molar-refractivity contribution in [3.8, 4) is 0 Å². The molecule has 3 N–H and O–H groups in total. The first-order chi connectivity index (χ1) is 10.9. The number of benzene rings is 1. The molecule has 0 aromatic heterocycles. The highest BCUT2D eigenvalue weighted by atomic mass is 35.5. The van der Waals surface area contributed by atoms with Gasteiger partial charge in [0.05, 0.1) is 10.9 Å². The molecule has 1 heterocycles. The number of nitrogens with one attached hydrogen (secondary N) is 1. The summed E-state index contributed by atoms with van der Waals surface area (Å²) in [6, 6.07) is 3.20. The summed E-state index contributed by atoms with van der Waals surface area (Å²) in [5.74, 6) is -1.35. The summed E-state index contributed by atoms with van der Waals surface area (Å²) in [4.78, 5) is 11.7. The van der Waals surface area contributed by atoms with E-state index in [4.69, 9.17) is 17.3 Å². The SMILES string of the molecule is Cl.NCCNC(=O)C1CCCN(S(=O)(=O)c2cc(F)ccc2Cl)C1. The lowest BCUT2D eigenvalue weighted by atomic mass is 9.99. The number of hydrogen-bond donors (Lipinski definition) is 2. The summed E-state index contributed by atoms with van der Waals surface area (Å²) in [7, 11) is -3.95. The van der Waals surface area contributed by atoms with Crippen molar-refractivity contribution in [1.29, 1.82) is 0 Å². The minimum Gasteiger partial charge on any atom is -0.355 e. The number of piperidine rings is 1. The Hall–Kier alpha value is -0.930. The van der Waals surface area contributed by atoms with Gasteiger partial charge in [-0.1, -0.05) is 11.6 Å². The van der Waals surface area contributed by atoms with Crippen LogP contribution in [0.1, 0.15) is 12.8 Å². The van der Waals surface area contributed by atoms with E-state index in [0.29, 0.717) is 25.9 Å². The number of carbonyl (C=O) groups excluding carboxylic acids is 1. The van der Waals surface area contributed by atoms with Crippen LogP contribution in [0, 0.1) is 11.7 Å². The minimum absolute atomic E-state index is 0. The molecule has 1 fully saturated rings. The maximum atomic E-state index is 13.4. The van der Waals surface area contributed by atoms with Crippen LogP contribution in [0.25, 0.3) is 0 Å². The monoisotopic (exact) mass is 399 g/mol. The molecule has 1 aromatic rings. The van der Waals surface area contributed by atoms with Gasteiger partial charge in [0.25, 0.3) is 0 Å². The molecule has 0 radical (unpaired) electrons. The maximum absolute atomic E-state index is 13.4. The lowest BCUT2D eigenvalue weighted by Crippen LogP contribution is -2.46. The topological polar surface area (TPSA) is 92.5 Å². The number of sulfonamides is 1. The zero-order valence-electron chi connectivity index (χ0n) is 12.9. The number of nitrogens with zero attached hydrogens (tertiary/aromatic N) is 1. The highest BCUT2D eigenvalue weighted by Gasteiger charge is 2.34. The van der Waals surface area contributed by atoms with Gasteiger partial charge in [-0.2, -0.15) is 4.31 Å². The predicted octanol–water partition coefficient (Wildman–Crippen LogP) is 1.38. The van der Waals surface area contributed by atoms with Gasteiger partial charge in [0.1, 0.15) is 10.7 Å². The molecule has 1 aliphatic heterocycles. The van der Waals surface area contributed by atoms with E-state index < -0.39 is 21.8 Å². The van der Waals surface area contributed by atoms with E-state index in [-0.39, 0.29) is 41.3 Å². The molecule has 1 saturated heterocycles. The Balaban J connectivity index is 0.00000288. The maximum Gasteiger partial charge on any atom is 0.244 e. The summed E-state index contributed by atoms with van der Waals surface area (Å²) < 4.78 is 39.9. The third-order valence-electron chi connectivity index (χ3n) is 3.71. The summed E-state index contributed by atoms with van der Waals surface area (Å²) in [5, 5.41) is 2.62. The zero-order valence-corrected chi connectivity index (χ0v) is 15.3. The average molecular weight is 400 g/mol. The summed E-state index contributed by atoms with van der Waals surface area (Å²) in [6.45, 7) is 0.985. The van der Waals surface area contributed by atoms with Crippen molar-refractivity contribution in [3.63, 3.8) is 0 Å². The van der Waals surface area contributed by atoms with Crippen LogP contribution in [0.15, 0.2) is 23.1 Å². The Morgan fingerprint density at radius 3 is 2.83 bits per heavy atom. The third kappa shape index (κ3) is 4.80. The quantitative estimate of drug-likeness (QED) is 0.781. The van der Waals surface area contributed by atoms with Crippen molar-refractivity contribution in [2.45, 2.75) is 17.7 Å². The second kappa shape index (κ2) is 8.96. The van der Waals surface area contributed by atoms with E-state index in [1.807, 2.05) is 0 Å². The van der Waals surface area contributed by atoms with Gasteiger partial charge in [0, 0.05) is 26.2 Å². The van der Waals surface area contributed by atoms with Gasteiger partial charge in [-0.15, -0.1) is 12.4 Å². The van der Waals surface area contributed by atoms with Crippen molar-refractivity contribution >= 4 is 39.9 Å². The molecule has 1 amide bonds. The molecule has 0 bridgehead atoms. The molecule has 1 aliphatic rings. The summed E-state index contributed by atoms with van der Waals surface area (Å²) in [6.07, 6.45) is 1.15. The molecule has 1 aromatic carbocycles. The first-order valence-corrected chi connectivity index (χ1v) is 9.11. The second-order valence-electron chi connectivity index (χ2n) is 5.36. The fraction of sp³-hybridized carbons (Fsp3) is 0.500. The first-order valence-electron chi connectivity index (χ1n) is 7.29. The number of carbonyl (C=O) groups is 1. The van der Waals surface area contributed by atoms with E-state index >= 15 is 0 Å². The Kier molecular flexibility index (Phi) is 7.88. The molecule has 2 rings (SSSR count). The smallest absolute Gasteiger partial charge is 0.244 e. The Bertz CT molecular complexity index is 688. The molecule has 136 valence electrons. The van der Waals surface area contributed by atoms with E-state index in [2.05, 4.69) is 5.32 Å². The largest absolute Gasteiger partial charge is 0.355 e. The molecule has 6 nitrogen and oxygen atoms in total. The lowest BCUT2D eigenvalue weighted by Gasteiger charge is -2.31. The van der Waals surface area contributed by atoms with Crippen LogP contribution in [-0.4, -0.2) is 44.8 Å². The van der Waals surface area contributed by atoms with Gasteiger partial charge in [-0.3, -0.25) is 4.79 Å². The fourth-order valence-corrected chi connectivity index (χ4v) is 4.54. The van der Waals surface area contributed by atoms with Crippen molar-refractivity contribution in [2.24, 2.45) is 11.7 Å². The van der Waals surface area contributed by atoms with E-state index in [1.54, 1.807) is 0 Å². The molecular weight excluding hydrogens is 380 g/mol. The number of halogens is 3. The van der Waals surface area contributed by atoms with Gasteiger partial charge in [0.15, 0.2) is 0 Å². The fourth-order valence-electron chi connectivity index (χ4n) is 2.53. The number of hydrogen-bond acceptors (Lipinski definition) is 4. The number of rotatable bonds is 5. The second-order valence-corrected chi connectivity index (χ2v) is 7.67. The molecule has 1 atom stereocenters. The molecule has 0 saturated carbocycles. The van der Waals surface area contributed by atoms with Crippen LogP contribution in [0.5, 0.6) is 0 Å². The van der Waals surface area contributed by atoms with E-state index in [9.17, 15) is 17.6 Å². The van der Waals surface area contributed by atoms with Crippen LogP contribution in [0.3, 0.4) is 0 Å². The van der Waals surface area contributed by atoms with Crippen LogP contribution < -0.4 is 11.1 Å². The van der Waals surface area contributed by atoms with Crippen LogP contribution in [0.4, 0.5) is 4.39 Å². The van der Waals surface area contributed by atoms with Gasteiger partial charge >= 0.3 is 0 Å². The molecule has 0 aliphatic carbocycles. The Labute approximate surface area is 152 Å². The molecule has 1 unspecified atom stereocenters. The highest BCUT2D eigenvalue weighted by Crippen LogP contribution is 2.28. The van der Waals surface area contributed by atoms with Crippen molar-refractivity contribution in [3.05, 3.63) is 29.0 Å². The minimum atomic E-state index is -3.95. The Morgan fingerprint density at radius 2 is 2.17 bits per heavy atom. The van der Waals surface area contributed by atoms with Crippen molar-refractivity contribution in [1.82, 2.24) is 9.62 Å². The standard InChI is InChI=1S/C14H19ClFN3O3S.ClH/c15-12-4-3-11(16)8-13(12)23(21,22)19-7-1-2-10(9-19)14(20)18-6-5-17;/h3-4,8,10H,1-2,5-7,9,17H2,(H,18,20);1H. The highest BCUT2D eigenvalue weighted by molar-refractivity contribution is 7.89. The van der Waals surface area contributed by atoms with Crippen LogP contribution in [-0.2, 0) is 14.8 Å². The first kappa shape index (κ1) is 21.1. The molecular formula is C14H20Cl2FN3O3S. The predicted molar refractivity (Wildman–Crippen MR) is 92.2 cm³/mol. The van der Waals surface area contributed by atoms with Gasteiger partial charge < -0.3 is 11.1 Å². The number of amides is 1. The van der Waals surface area contributed by atoms with E-state index in [0.717, 1.165) is 12.1 Å².